The van der Waals surface area contributed by atoms with Gasteiger partial charge in [0.05, 0.1) is 23.3 Å². The molecule has 0 amide bonds. The molecule has 150 valence electrons. The molecule has 1 aliphatic rings. The number of esters is 1. The van der Waals surface area contributed by atoms with E-state index in [1.54, 1.807) is 12.1 Å². The van der Waals surface area contributed by atoms with Gasteiger partial charge in [0.15, 0.2) is 0 Å². The van der Waals surface area contributed by atoms with Gasteiger partial charge < -0.3 is 4.74 Å². The first kappa shape index (κ1) is 20.4. The van der Waals surface area contributed by atoms with E-state index in [0.717, 1.165) is 17.9 Å². The van der Waals surface area contributed by atoms with Gasteiger partial charge in [-0.3, -0.25) is 9.88 Å². The Morgan fingerprint density at radius 2 is 1.86 bits per heavy atom. The number of nitrogens with zero attached hydrogens (tertiary/aromatic N) is 3. The van der Waals surface area contributed by atoms with Gasteiger partial charge >= 0.3 is 5.97 Å². The van der Waals surface area contributed by atoms with Crippen LogP contribution in [-0.2, 0) is 21.3 Å². The monoisotopic (exact) mass is 403 g/mol. The van der Waals surface area contributed by atoms with Crippen molar-refractivity contribution < 1.29 is 17.9 Å². The molecule has 2 aromatic rings. The fourth-order valence-corrected chi connectivity index (χ4v) is 5.02. The molecule has 0 spiro atoms. The molecule has 1 aromatic heterocycles. The number of sulfonamides is 1. The van der Waals surface area contributed by atoms with E-state index in [4.69, 9.17) is 4.74 Å². The maximum Gasteiger partial charge on any atom is 0.339 e. The lowest BCUT2D eigenvalue weighted by Crippen LogP contribution is -2.36. The van der Waals surface area contributed by atoms with Crippen molar-refractivity contribution in [1.29, 1.82) is 0 Å². The highest BCUT2D eigenvalue weighted by molar-refractivity contribution is 7.89. The van der Waals surface area contributed by atoms with E-state index in [1.165, 1.54) is 23.5 Å². The van der Waals surface area contributed by atoms with Crippen LogP contribution in [0.1, 0.15) is 28.2 Å². The highest BCUT2D eigenvalue weighted by Gasteiger charge is 2.30. The SMILES string of the molecule is COC(=O)c1ccccc1S(=O)(=O)N1CCCN(Cc2cccc(C)n2)CC1. The second-order valence-electron chi connectivity index (χ2n) is 6.79. The van der Waals surface area contributed by atoms with E-state index < -0.39 is 16.0 Å². The predicted octanol–water partition coefficient (Wildman–Crippen LogP) is 2.07. The Kier molecular flexibility index (Phi) is 6.43. The number of aryl methyl sites for hydroxylation is 1. The predicted molar refractivity (Wildman–Crippen MR) is 105 cm³/mol. The molecule has 0 unspecified atom stereocenters. The minimum absolute atomic E-state index is 0.00403. The number of carbonyl (C=O) groups is 1. The molecule has 1 aromatic carbocycles. The van der Waals surface area contributed by atoms with Crippen LogP contribution in [0.3, 0.4) is 0 Å². The van der Waals surface area contributed by atoms with E-state index >= 15 is 0 Å². The summed E-state index contributed by atoms with van der Waals surface area (Å²) in [6, 6.07) is 12.1. The molecule has 8 heteroatoms. The lowest BCUT2D eigenvalue weighted by molar-refractivity contribution is 0.0596. The summed E-state index contributed by atoms with van der Waals surface area (Å²) in [5, 5.41) is 0. The van der Waals surface area contributed by atoms with Gasteiger partial charge in [0.1, 0.15) is 0 Å². The summed E-state index contributed by atoms with van der Waals surface area (Å²) >= 11 is 0. The zero-order chi connectivity index (χ0) is 20.1. The third-order valence-corrected chi connectivity index (χ3v) is 6.75. The van der Waals surface area contributed by atoms with Gasteiger partial charge in [-0.2, -0.15) is 4.31 Å². The molecule has 1 aliphatic heterocycles. The van der Waals surface area contributed by atoms with Gasteiger partial charge in [-0.25, -0.2) is 13.2 Å². The fraction of sp³-hybridized carbons (Fsp3) is 0.400. The molecule has 2 heterocycles. The number of aromatic nitrogens is 1. The largest absolute Gasteiger partial charge is 0.465 e. The Morgan fingerprint density at radius 1 is 1.07 bits per heavy atom. The first-order valence-electron chi connectivity index (χ1n) is 9.24. The maximum atomic E-state index is 13.2. The van der Waals surface area contributed by atoms with Crippen molar-refractivity contribution in [2.24, 2.45) is 0 Å². The Morgan fingerprint density at radius 3 is 2.61 bits per heavy atom. The lowest BCUT2D eigenvalue weighted by Gasteiger charge is -2.22. The van der Waals surface area contributed by atoms with Crippen LogP contribution in [0.2, 0.25) is 0 Å². The third kappa shape index (κ3) is 4.57. The zero-order valence-electron chi connectivity index (χ0n) is 16.2. The van der Waals surface area contributed by atoms with Crippen molar-refractivity contribution in [3.05, 3.63) is 59.4 Å². The fourth-order valence-electron chi connectivity index (χ4n) is 3.37. The number of carbonyl (C=O) groups excluding carboxylic acids is 1. The quantitative estimate of drug-likeness (QED) is 0.711. The Labute approximate surface area is 166 Å². The molecule has 0 aliphatic carbocycles. The number of ether oxygens (including phenoxy) is 1. The van der Waals surface area contributed by atoms with Gasteiger partial charge in [-0.15, -0.1) is 0 Å². The van der Waals surface area contributed by atoms with Crippen LogP contribution in [0.4, 0.5) is 0 Å². The Balaban J connectivity index is 1.75. The summed E-state index contributed by atoms with van der Waals surface area (Å²) < 4.78 is 32.6. The molecular formula is C20H25N3O4S. The molecule has 1 fully saturated rings. The number of hydrogen-bond acceptors (Lipinski definition) is 6. The van der Waals surface area contributed by atoms with Crippen LogP contribution >= 0.6 is 0 Å². The van der Waals surface area contributed by atoms with Crippen LogP contribution in [0.15, 0.2) is 47.4 Å². The second-order valence-corrected chi connectivity index (χ2v) is 8.70. The molecule has 7 nitrogen and oxygen atoms in total. The van der Waals surface area contributed by atoms with E-state index in [0.29, 0.717) is 32.6 Å². The summed E-state index contributed by atoms with van der Waals surface area (Å²) in [5.74, 6) is -0.652. The highest BCUT2D eigenvalue weighted by Crippen LogP contribution is 2.22. The van der Waals surface area contributed by atoms with Crippen LogP contribution in [-0.4, -0.2) is 61.9 Å². The van der Waals surface area contributed by atoms with E-state index in [9.17, 15) is 13.2 Å². The summed E-state index contributed by atoms with van der Waals surface area (Å²) in [5.41, 5.74) is 2.01. The van der Waals surface area contributed by atoms with Gasteiger partial charge in [0, 0.05) is 31.9 Å². The van der Waals surface area contributed by atoms with Gasteiger partial charge in [-0.1, -0.05) is 18.2 Å². The van der Waals surface area contributed by atoms with Crippen molar-refractivity contribution in [3.63, 3.8) is 0 Å². The van der Waals surface area contributed by atoms with Crippen molar-refractivity contribution in [2.75, 3.05) is 33.3 Å². The Bertz CT molecular complexity index is 946. The molecule has 1 saturated heterocycles. The minimum Gasteiger partial charge on any atom is -0.465 e. The summed E-state index contributed by atoms with van der Waals surface area (Å²) in [6.07, 6.45) is 0.714. The molecule has 0 atom stereocenters. The lowest BCUT2D eigenvalue weighted by atomic mass is 10.2. The van der Waals surface area contributed by atoms with Crippen LogP contribution in [0.5, 0.6) is 0 Å². The van der Waals surface area contributed by atoms with Crippen molar-refractivity contribution >= 4 is 16.0 Å². The topological polar surface area (TPSA) is 79.8 Å². The number of pyridine rings is 1. The van der Waals surface area contributed by atoms with E-state index in [2.05, 4.69) is 9.88 Å². The summed E-state index contributed by atoms with van der Waals surface area (Å²) in [4.78, 5) is 18.7. The standard InChI is InChI=1S/C20H25N3O4S/c1-16-7-5-8-17(21-16)15-22-11-6-12-23(14-13-22)28(25,26)19-10-4-3-9-18(19)20(24)27-2/h3-5,7-10H,6,11-15H2,1-2H3. The molecule has 0 bridgehead atoms. The summed E-state index contributed by atoms with van der Waals surface area (Å²) in [6.45, 7) is 4.82. The van der Waals surface area contributed by atoms with Crippen molar-refractivity contribution in [2.45, 2.75) is 24.8 Å². The number of rotatable bonds is 5. The molecule has 0 radical (unpaired) electrons. The molecule has 0 saturated carbocycles. The smallest absolute Gasteiger partial charge is 0.339 e. The number of hydrogen-bond donors (Lipinski definition) is 0. The summed E-state index contributed by atoms with van der Waals surface area (Å²) in [7, 11) is -2.54. The number of benzene rings is 1. The van der Waals surface area contributed by atoms with Crippen molar-refractivity contribution in [3.8, 4) is 0 Å². The first-order valence-corrected chi connectivity index (χ1v) is 10.7. The molecule has 28 heavy (non-hydrogen) atoms. The van der Waals surface area contributed by atoms with E-state index in [-0.39, 0.29) is 10.5 Å². The zero-order valence-corrected chi connectivity index (χ0v) is 17.0. The highest BCUT2D eigenvalue weighted by atomic mass is 32.2. The third-order valence-electron chi connectivity index (χ3n) is 4.79. The van der Waals surface area contributed by atoms with Gasteiger partial charge in [-0.05, 0) is 44.2 Å². The van der Waals surface area contributed by atoms with Gasteiger partial charge in [0.2, 0.25) is 10.0 Å². The average Bonchev–Trinajstić information content (AvgIpc) is 2.93. The average molecular weight is 404 g/mol. The first-order chi connectivity index (χ1) is 13.4. The van der Waals surface area contributed by atoms with Crippen LogP contribution < -0.4 is 0 Å². The van der Waals surface area contributed by atoms with E-state index in [1.807, 2.05) is 25.1 Å². The van der Waals surface area contributed by atoms with Gasteiger partial charge in [0.25, 0.3) is 0 Å². The second kappa shape index (κ2) is 8.81. The maximum absolute atomic E-state index is 13.2. The molecule has 3 rings (SSSR count). The number of methoxy groups -OCH3 is 1. The minimum atomic E-state index is -3.78. The normalized spacial score (nSPS) is 16.5. The molecule has 0 N–H and O–H groups in total. The Hall–Kier alpha value is -2.29. The van der Waals surface area contributed by atoms with Crippen LogP contribution in [0, 0.1) is 6.92 Å². The van der Waals surface area contributed by atoms with Crippen molar-refractivity contribution in [1.82, 2.24) is 14.2 Å². The molecular weight excluding hydrogens is 378 g/mol. The van der Waals surface area contributed by atoms with Crippen LogP contribution in [0.25, 0.3) is 0 Å².